The van der Waals surface area contributed by atoms with Crippen LogP contribution in [0, 0.1) is 0 Å². The van der Waals surface area contributed by atoms with E-state index in [4.69, 9.17) is 11.6 Å². The Morgan fingerprint density at radius 2 is 1.86 bits per heavy atom. The molecule has 1 aromatic rings. The molecule has 0 aromatic heterocycles. The van der Waals surface area contributed by atoms with Crippen molar-refractivity contribution in [2.75, 3.05) is 0 Å². The molecule has 120 valence electrons. The van der Waals surface area contributed by atoms with Gasteiger partial charge in [0.05, 0.1) is 6.42 Å². The molecule has 1 aromatic carbocycles. The Hall–Kier alpha value is -1.88. The van der Waals surface area contributed by atoms with Gasteiger partial charge in [-0.05, 0) is 31.0 Å². The summed E-state index contributed by atoms with van der Waals surface area (Å²) in [5.41, 5.74) is 4.00. The van der Waals surface area contributed by atoms with Gasteiger partial charge in [-0.15, -0.1) is 0 Å². The Bertz CT molecular complexity index is 527. The molecule has 0 saturated carbocycles. The van der Waals surface area contributed by atoms with E-state index in [0.29, 0.717) is 23.7 Å². The van der Waals surface area contributed by atoms with Crippen LogP contribution in [0.3, 0.4) is 0 Å². The van der Waals surface area contributed by atoms with Crippen molar-refractivity contribution < 1.29 is 9.59 Å². The maximum atomic E-state index is 11.8. The van der Waals surface area contributed by atoms with E-state index in [1.807, 2.05) is 19.1 Å². The number of nitrogens with one attached hydrogen (secondary N) is 2. The molecule has 0 aliphatic heterocycles. The van der Waals surface area contributed by atoms with Crippen LogP contribution in [0.2, 0.25) is 5.02 Å². The van der Waals surface area contributed by atoms with E-state index in [9.17, 15) is 9.59 Å². The predicted molar refractivity (Wildman–Crippen MR) is 88.7 cm³/mol. The molecule has 0 unspecified atom stereocenters. The molecule has 0 aliphatic carbocycles. The molecule has 0 atom stereocenters. The minimum atomic E-state index is -0.140. The number of hydrogen-bond donors (Lipinski definition) is 2. The lowest BCUT2D eigenvalue weighted by atomic mass is 10.2. The van der Waals surface area contributed by atoms with Crippen molar-refractivity contribution in [3.05, 3.63) is 34.9 Å². The molecule has 1 rings (SSSR count). The van der Waals surface area contributed by atoms with E-state index in [0.717, 1.165) is 18.4 Å². The fraction of sp³-hybridized carbons (Fsp3) is 0.438. The van der Waals surface area contributed by atoms with Gasteiger partial charge in [0.1, 0.15) is 0 Å². The number of rotatable bonds is 8. The minimum Gasteiger partial charge on any atom is -0.352 e. The molecule has 22 heavy (non-hydrogen) atoms. The van der Waals surface area contributed by atoms with Crippen molar-refractivity contribution in [1.29, 1.82) is 0 Å². The van der Waals surface area contributed by atoms with Crippen LogP contribution in [0.15, 0.2) is 29.4 Å². The molecule has 6 heteroatoms. The van der Waals surface area contributed by atoms with Gasteiger partial charge in [-0.25, -0.2) is 5.43 Å². The van der Waals surface area contributed by atoms with Crippen LogP contribution >= 0.6 is 11.6 Å². The van der Waals surface area contributed by atoms with E-state index in [1.165, 1.54) is 0 Å². The van der Waals surface area contributed by atoms with Gasteiger partial charge in [0.25, 0.3) is 0 Å². The molecule has 0 saturated heterocycles. The third-order valence-electron chi connectivity index (χ3n) is 2.95. The fourth-order valence-corrected chi connectivity index (χ4v) is 1.81. The van der Waals surface area contributed by atoms with Crippen LogP contribution in [0.4, 0.5) is 0 Å². The third kappa shape index (κ3) is 7.78. The van der Waals surface area contributed by atoms with E-state index >= 15 is 0 Å². The number of unbranched alkanes of at least 4 members (excludes halogenated alkanes) is 1. The number of carbonyl (C=O) groups excluding carboxylic acids is 2. The van der Waals surface area contributed by atoms with Crippen LogP contribution in [0.25, 0.3) is 0 Å². The SMILES string of the molecule is CCCCC(=O)NN=C(C)CC(=O)NCc1ccc(Cl)cc1. The second-order valence-corrected chi connectivity index (χ2v) is 5.50. The van der Waals surface area contributed by atoms with Crippen LogP contribution in [-0.4, -0.2) is 17.5 Å². The molecule has 2 amide bonds. The van der Waals surface area contributed by atoms with E-state index < -0.39 is 0 Å². The highest BCUT2D eigenvalue weighted by Gasteiger charge is 2.05. The summed E-state index contributed by atoms with van der Waals surface area (Å²) in [5.74, 6) is -0.262. The standard InChI is InChI=1S/C16H22ClN3O2/c1-3-4-5-15(21)20-19-12(2)10-16(22)18-11-13-6-8-14(17)9-7-13/h6-9H,3-5,10-11H2,1-2H3,(H,18,22)(H,20,21). The number of carbonyl (C=O) groups is 2. The average molecular weight is 324 g/mol. The Morgan fingerprint density at radius 3 is 2.50 bits per heavy atom. The highest BCUT2D eigenvalue weighted by atomic mass is 35.5. The molecule has 0 fully saturated rings. The second-order valence-electron chi connectivity index (χ2n) is 5.07. The van der Waals surface area contributed by atoms with Crippen molar-refractivity contribution in [3.63, 3.8) is 0 Å². The first-order chi connectivity index (χ1) is 10.5. The topological polar surface area (TPSA) is 70.6 Å². The number of nitrogens with zero attached hydrogens (tertiary/aromatic N) is 1. The zero-order valence-corrected chi connectivity index (χ0v) is 13.7. The number of amides is 2. The number of halogens is 1. The highest BCUT2D eigenvalue weighted by Crippen LogP contribution is 2.09. The van der Waals surface area contributed by atoms with Gasteiger partial charge < -0.3 is 5.32 Å². The zero-order chi connectivity index (χ0) is 16.4. The summed E-state index contributed by atoms with van der Waals surface area (Å²) < 4.78 is 0. The first-order valence-electron chi connectivity index (χ1n) is 7.34. The van der Waals surface area contributed by atoms with Crippen molar-refractivity contribution in [2.45, 2.75) is 46.1 Å². The number of benzene rings is 1. The second kappa shape index (κ2) is 9.95. The molecule has 5 nitrogen and oxygen atoms in total. The van der Waals surface area contributed by atoms with Crippen LogP contribution in [0.1, 0.15) is 45.1 Å². The number of hydrogen-bond acceptors (Lipinski definition) is 3. The summed E-state index contributed by atoms with van der Waals surface area (Å²) in [6, 6.07) is 7.28. The van der Waals surface area contributed by atoms with Gasteiger partial charge in [-0.1, -0.05) is 37.1 Å². The molecule has 0 bridgehead atoms. The largest absolute Gasteiger partial charge is 0.352 e. The van der Waals surface area contributed by atoms with Crippen molar-refractivity contribution in [3.8, 4) is 0 Å². The Labute approximate surface area is 136 Å². The van der Waals surface area contributed by atoms with Crippen molar-refractivity contribution >= 4 is 29.1 Å². The molecule has 0 radical (unpaired) electrons. The van der Waals surface area contributed by atoms with E-state index in [2.05, 4.69) is 15.8 Å². The molecule has 0 spiro atoms. The smallest absolute Gasteiger partial charge is 0.240 e. The Kier molecular flexibility index (Phi) is 8.22. The Morgan fingerprint density at radius 1 is 1.18 bits per heavy atom. The van der Waals surface area contributed by atoms with Gasteiger partial charge >= 0.3 is 0 Å². The predicted octanol–water partition coefficient (Wildman–Crippen LogP) is 3.03. The quantitative estimate of drug-likeness (QED) is 0.570. The maximum Gasteiger partial charge on any atom is 0.240 e. The Balaban J connectivity index is 2.31. The summed E-state index contributed by atoms with van der Waals surface area (Å²) in [6.07, 6.45) is 2.41. The van der Waals surface area contributed by atoms with Crippen LogP contribution in [0.5, 0.6) is 0 Å². The molecular formula is C16H22ClN3O2. The van der Waals surface area contributed by atoms with Gasteiger partial charge in [0.15, 0.2) is 0 Å². The monoisotopic (exact) mass is 323 g/mol. The zero-order valence-electron chi connectivity index (χ0n) is 13.0. The molecule has 0 heterocycles. The molecular weight excluding hydrogens is 302 g/mol. The van der Waals surface area contributed by atoms with Crippen LogP contribution in [-0.2, 0) is 16.1 Å². The first kappa shape index (κ1) is 18.2. The van der Waals surface area contributed by atoms with Gasteiger partial charge in [0, 0.05) is 23.7 Å². The number of hydrazone groups is 1. The van der Waals surface area contributed by atoms with Crippen molar-refractivity contribution in [1.82, 2.24) is 10.7 Å². The summed E-state index contributed by atoms with van der Waals surface area (Å²) in [7, 11) is 0. The molecule has 0 aliphatic rings. The summed E-state index contributed by atoms with van der Waals surface area (Å²) in [6.45, 7) is 4.17. The van der Waals surface area contributed by atoms with E-state index in [-0.39, 0.29) is 18.2 Å². The summed E-state index contributed by atoms with van der Waals surface area (Å²) in [5, 5.41) is 7.38. The van der Waals surface area contributed by atoms with Gasteiger partial charge in [-0.3, -0.25) is 9.59 Å². The first-order valence-corrected chi connectivity index (χ1v) is 7.72. The highest BCUT2D eigenvalue weighted by molar-refractivity contribution is 6.30. The van der Waals surface area contributed by atoms with Gasteiger partial charge in [-0.2, -0.15) is 5.10 Å². The fourth-order valence-electron chi connectivity index (χ4n) is 1.69. The summed E-state index contributed by atoms with van der Waals surface area (Å²) in [4.78, 5) is 23.2. The maximum absolute atomic E-state index is 11.8. The van der Waals surface area contributed by atoms with Crippen molar-refractivity contribution in [2.24, 2.45) is 5.10 Å². The molecule has 2 N–H and O–H groups in total. The normalized spacial score (nSPS) is 11.1. The van der Waals surface area contributed by atoms with Gasteiger partial charge in [0.2, 0.25) is 11.8 Å². The lowest BCUT2D eigenvalue weighted by Crippen LogP contribution is -2.26. The average Bonchev–Trinajstić information content (AvgIpc) is 2.50. The van der Waals surface area contributed by atoms with Crippen LogP contribution < -0.4 is 10.7 Å². The summed E-state index contributed by atoms with van der Waals surface area (Å²) >= 11 is 5.80. The minimum absolute atomic E-state index is 0.122. The van der Waals surface area contributed by atoms with E-state index in [1.54, 1.807) is 19.1 Å². The third-order valence-corrected chi connectivity index (χ3v) is 3.20. The lowest BCUT2D eigenvalue weighted by Gasteiger charge is -2.06. The lowest BCUT2D eigenvalue weighted by molar-refractivity contribution is -0.121.